The molecule has 0 aliphatic heterocycles. The van der Waals surface area contributed by atoms with E-state index < -0.39 is 5.97 Å². The summed E-state index contributed by atoms with van der Waals surface area (Å²) in [7, 11) is 0. The Balaban J connectivity index is 2.87. The molecule has 17 heavy (non-hydrogen) atoms. The largest absolute Gasteiger partial charge is 0.480 e. The first-order chi connectivity index (χ1) is 8.10. The lowest BCUT2D eigenvalue weighted by atomic mass is 9.99. The van der Waals surface area contributed by atoms with Gasteiger partial charge in [0.05, 0.1) is 0 Å². The summed E-state index contributed by atoms with van der Waals surface area (Å²) in [5.41, 5.74) is 0. The van der Waals surface area contributed by atoms with Gasteiger partial charge in [0.2, 0.25) is 0 Å². The quantitative estimate of drug-likeness (QED) is 0.789. The van der Waals surface area contributed by atoms with Crippen LogP contribution in [0.15, 0.2) is 33.6 Å². The Bertz CT molecular complexity index is 377. The fourth-order valence-electron chi connectivity index (χ4n) is 1.74. The van der Waals surface area contributed by atoms with Gasteiger partial charge in [-0.15, -0.1) is 11.8 Å². The smallest absolute Gasteiger partial charge is 0.317 e. The van der Waals surface area contributed by atoms with Crippen LogP contribution in [0.3, 0.4) is 0 Å². The standard InChI is InChI=1S/C13H17BrO2S/c1-3-9(4-2)12(13(15)16)17-11-8-6-5-7-10(11)14/h5-9,12H,3-4H2,1-2H3,(H,15,16). The van der Waals surface area contributed by atoms with Crippen LogP contribution in [0.1, 0.15) is 26.7 Å². The highest BCUT2D eigenvalue weighted by molar-refractivity contribution is 9.10. The SMILES string of the molecule is CCC(CC)C(Sc1ccccc1Br)C(=O)O. The topological polar surface area (TPSA) is 37.3 Å². The van der Waals surface area contributed by atoms with Gasteiger partial charge >= 0.3 is 5.97 Å². The van der Waals surface area contributed by atoms with Crippen molar-refractivity contribution in [3.8, 4) is 0 Å². The van der Waals surface area contributed by atoms with Gasteiger partial charge in [0, 0.05) is 9.37 Å². The molecule has 1 atom stereocenters. The molecule has 1 rings (SSSR count). The average molecular weight is 317 g/mol. The Morgan fingerprint density at radius 3 is 2.41 bits per heavy atom. The normalized spacial score (nSPS) is 12.7. The van der Waals surface area contributed by atoms with E-state index >= 15 is 0 Å². The zero-order valence-electron chi connectivity index (χ0n) is 10.0. The molecule has 1 N–H and O–H groups in total. The summed E-state index contributed by atoms with van der Waals surface area (Å²) >= 11 is 4.89. The van der Waals surface area contributed by atoms with Crippen molar-refractivity contribution in [2.75, 3.05) is 0 Å². The summed E-state index contributed by atoms with van der Waals surface area (Å²) in [5.74, 6) is -0.510. The molecule has 0 bridgehead atoms. The predicted octanol–water partition coefficient (Wildman–Crippen LogP) is 4.43. The van der Waals surface area contributed by atoms with Crippen LogP contribution >= 0.6 is 27.7 Å². The molecule has 2 nitrogen and oxygen atoms in total. The predicted molar refractivity (Wildman–Crippen MR) is 75.5 cm³/mol. The van der Waals surface area contributed by atoms with Gasteiger partial charge in [-0.2, -0.15) is 0 Å². The van der Waals surface area contributed by atoms with Gasteiger partial charge in [-0.05, 0) is 34.0 Å². The lowest BCUT2D eigenvalue weighted by molar-refractivity contribution is -0.137. The summed E-state index contributed by atoms with van der Waals surface area (Å²) in [5, 5.41) is 8.95. The monoisotopic (exact) mass is 316 g/mol. The number of hydrogen-bond donors (Lipinski definition) is 1. The summed E-state index contributed by atoms with van der Waals surface area (Å²) in [4.78, 5) is 12.3. The van der Waals surface area contributed by atoms with Crippen LogP contribution in [-0.2, 0) is 4.79 Å². The summed E-state index contributed by atoms with van der Waals surface area (Å²) < 4.78 is 0.960. The highest BCUT2D eigenvalue weighted by atomic mass is 79.9. The third-order valence-electron chi connectivity index (χ3n) is 2.81. The Kier molecular flexibility index (Phi) is 6.06. The van der Waals surface area contributed by atoms with Crippen molar-refractivity contribution in [2.24, 2.45) is 5.92 Å². The van der Waals surface area contributed by atoms with Gasteiger partial charge < -0.3 is 5.11 Å². The number of rotatable bonds is 6. The van der Waals surface area contributed by atoms with Crippen molar-refractivity contribution in [3.05, 3.63) is 28.7 Å². The van der Waals surface area contributed by atoms with E-state index in [9.17, 15) is 9.90 Å². The zero-order chi connectivity index (χ0) is 12.8. The Morgan fingerprint density at radius 2 is 1.94 bits per heavy atom. The molecule has 0 radical (unpaired) electrons. The van der Waals surface area contributed by atoms with E-state index in [1.54, 1.807) is 0 Å². The van der Waals surface area contributed by atoms with Crippen LogP contribution in [-0.4, -0.2) is 16.3 Å². The Hall–Kier alpha value is -0.480. The average Bonchev–Trinajstić information content (AvgIpc) is 2.31. The fourth-order valence-corrected chi connectivity index (χ4v) is 3.60. The molecule has 4 heteroatoms. The fraction of sp³-hybridized carbons (Fsp3) is 0.462. The van der Waals surface area contributed by atoms with Crippen LogP contribution in [0, 0.1) is 5.92 Å². The number of halogens is 1. The van der Waals surface area contributed by atoms with Crippen LogP contribution in [0.4, 0.5) is 0 Å². The minimum absolute atomic E-state index is 0.213. The van der Waals surface area contributed by atoms with Crippen LogP contribution in [0.25, 0.3) is 0 Å². The number of carboxylic acid groups (broad SMARTS) is 1. The molecular weight excluding hydrogens is 300 g/mol. The van der Waals surface area contributed by atoms with Crippen molar-refractivity contribution in [2.45, 2.75) is 36.8 Å². The van der Waals surface area contributed by atoms with Crippen molar-refractivity contribution < 1.29 is 9.90 Å². The minimum atomic E-state index is -0.723. The van der Waals surface area contributed by atoms with Gasteiger partial charge in [0.15, 0.2) is 0 Å². The molecule has 0 heterocycles. The highest BCUT2D eigenvalue weighted by Crippen LogP contribution is 2.35. The molecular formula is C13H17BrO2S. The lowest BCUT2D eigenvalue weighted by Crippen LogP contribution is -2.25. The second-order valence-corrected chi connectivity index (χ2v) is 5.92. The van der Waals surface area contributed by atoms with Crippen LogP contribution < -0.4 is 0 Å². The van der Waals surface area contributed by atoms with Crippen molar-refractivity contribution in [1.82, 2.24) is 0 Å². The van der Waals surface area contributed by atoms with Crippen LogP contribution in [0.2, 0.25) is 0 Å². The maximum Gasteiger partial charge on any atom is 0.317 e. The first kappa shape index (κ1) is 14.6. The number of benzene rings is 1. The van der Waals surface area contributed by atoms with E-state index in [2.05, 4.69) is 15.9 Å². The number of carbonyl (C=O) groups is 1. The van der Waals surface area contributed by atoms with Crippen molar-refractivity contribution in [3.63, 3.8) is 0 Å². The second kappa shape index (κ2) is 7.07. The van der Waals surface area contributed by atoms with Crippen LogP contribution in [0.5, 0.6) is 0 Å². The zero-order valence-corrected chi connectivity index (χ0v) is 12.4. The van der Waals surface area contributed by atoms with Crippen molar-refractivity contribution >= 4 is 33.7 Å². The molecule has 0 aromatic heterocycles. The molecule has 0 aliphatic carbocycles. The molecule has 1 aromatic carbocycles. The van der Waals surface area contributed by atoms with Gasteiger partial charge in [-0.3, -0.25) is 4.79 Å². The van der Waals surface area contributed by atoms with E-state index in [4.69, 9.17) is 0 Å². The number of carboxylic acids is 1. The Labute approximate surface area is 115 Å². The first-order valence-electron chi connectivity index (χ1n) is 5.74. The summed E-state index contributed by atoms with van der Waals surface area (Å²) in [6.45, 7) is 4.09. The van der Waals surface area contributed by atoms with Gasteiger partial charge in [-0.1, -0.05) is 38.8 Å². The molecule has 0 saturated carbocycles. The maximum absolute atomic E-state index is 11.3. The lowest BCUT2D eigenvalue weighted by Gasteiger charge is -2.21. The third kappa shape index (κ3) is 4.03. The number of aliphatic carboxylic acids is 1. The number of hydrogen-bond acceptors (Lipinski definition) is 2. The molecule has 0 aliphatic rings. The molecule has 1 aromatic rings. The summed E-state index contributed by atoms with van der Waals surface area (Å²) in [6.07, 6.45) is 1.79. The Morgan fingerprint density at radius 1 is 1.35 bits per heavy atom. The molecule has 94 valence electrons. The molecule has 1 unspecified atom stereocenters. The van der Waals surface area contributed by atoms with E-state index in [1.165, 1.54) is 11.8 Å². The van der Waals surface area contributed by atoms with E-state index in [0.29, 0.717) is 0 Å². The van der Waals surface area contributed by atoms with Gasteiger partial charge in [0.1, 0.15) is 5.25 Å². The maximum atomic E-state index is 11.3. The third-order valence-corrected chi connectivity index (χ3v) is 5.22. The molecule has 0 fully saturated rings. The van der Waals surface area contributed by atoms with Gasteiger partial charge in [0.25, 0.3) is 0 Å². The second-order valence-electron chi connectivity index (χ2n) is 3.88. The molecule has 0 saturated heterocycles. The molecule has 0 spiro atoms. The van der Waals surface area contributed by atoms with E-state index in [1.807, 2.05) is 38.1 Å². The number of thioether (sulfide) groups is 1. The highest BCUT2D eigenvalue weighted by Gasteiger charge is 2.27. The first-order valence-corrected chi connectivity index (χ1v) is 7.41. The van der Waals surface area contributed by atoms with Crippen molar-refractivity contribution in [1.29, 1.82) is 0 Å². The molecule has 0 amide bonds. The minimum Gasteiger partial charge on any atom is -0.480 e. The van der Waals surface area contributed by atoms with E-state index in [-0.39, 0.29) is 11.2 Å². The summed E-state index contributed by atoms with van der Waals surface area (Å²) in [6, 6.07) is 7.75. The van der Waals surface area contributed by atoms with Gasteiger partial charge in [-0.25, -0.2) is 0 Å². The van der Waals surface area contributed by atoms with E-state index in [0.717, 1.165) is 22.2 Å².